The van der Waals surface area contributed by atoms with Crippen LogP contribution in [-0.4, -0.2) is 60.9 Å². The number of hydrogen-bond donors (Lipinski definition) is 2. The molecule has 17 heavy (non-hydrogen) atoms. The van der Waals surface area contributed by atoms with Crippen molar-refractivity contribution >= 4 is 5.97 Å². The minimum absolute atomic E-state index is 0.647. The molecule has 0 aromatic rings. The summed E-state index contributed by atoms with van der Waals surface area (Å²) in [5, 5.41) is 12.6. The summed E-state index contributed by atoms with van der Waals surface area (Å²) in [7, 11) is 0. The van der Waals surface area contributed by atoms with Crippen molar-refractivity contribution in [3.05, 3.63) is 0 Å². The highest BCUT2D eigenvalue weighted by Gasteiger charge is 2.40. The lowest BCUT2D eigenvalue weighted by atomic mass is 9.98. The van der Waals surface area contributed by atoms with E-state index in [1.54, 1.807) is 0 Å². The number of carboxylic acid groups (broad SMARTS) is 1. The summed E-state index contributed by atoms with van der Waals surface area (Å²) in [5.41, 5.74) is -0.647. The number of rotatable bonds is 5. The fourth-order valence-electron chi connectivity index (χ4n) is 2.72. The predicted octanol–water partition coefficient (Wildman–Crippen LogP) is 0.306. The average Bonchev–Trinajstić information content (AvgIpc) is 2.80. The molecular formula is C12H22N2O3. The molecule has 2 N–H and O–H groups in total. The van der Waals surface area contributed by atoms with Gasteiger partial charge >= 0.3 is 5.97 Å². The van der Waals surface area contributed by atoms with Crippen LogP contribution in [0.25, 0.3) is 0 Å². The molecule has 2 rings (SSSR count). The van der Waals surface area contributed by atoms with Gasteiger partial charge in [0, 0.05) is 26.2 Å². The van der Waals surface area contributed by atoms with E-state index >= 15 is 0 Å². The SMILES string of the molecule is O=C(O)C1(NCCN2CCOCC2)CCCC1. The fraction of sp³-hybridized carbons (Fsp3) is 0.917. The third-order valence-corrected chi connectivity index (χ3v) is 3.86. The number of ether oxygens (including phenoxy) is 1. The van der Waals surface area contributed by atoms with Gasteiger partial charge in [-0.25, -0.2) is 0 Å². The second-order valence-electron chi connectivity index (χ2n) is 4.98. The van der Waals surface area contributed by atoms with Crippen LogP contribution >= 0.6 is 0 Å². The van der Waals surface area contributed by atoms with Gasteiger partial charge in [-0.05, 0) is 12.8 Å². The Balaban J connectivity index is 1.74. The van der Waals surface area contributed by atoms with Gasteiger partial charge in [0.25, 0.3) is 0 Å². The maximum atomic E-state index is 11.3. The summed E-state index contributed by atoms with van der Waals surface area (Å²) in [6.07, 6.45) is 3.59. The largest absolute Gasteiger partial charge is 0.480 e. The van der Waals surface area contributed by atoms with E-state index in [-0.39, 0.29) is 0 Å². The van der Waals surface area contributed by atoms with Crippen LogP contribution in [0, 0.1) is 0 Å². The third-order valence-electron chi connectivity index (χ3n) is 3.86. The molecule has 2 fully saturated rings. The third kappa shape index (κ3) is 3.18. The Labute approximate surface area is 102 Å². The average molecular weight is 242 g/mol. The second-order valence-corrected chi connectivity index (χ2v) is 4.98. The first-order valence-corrected chi connectivity index (χ1v) is 6.51. The molecule has 1 aliphatic heterocycles. The Bertz CT molecular complexity index is 258. The molecule has 2 aliphatic rings. The Morgan fingerprint density at radius 3 is 2.53 bits per heavy atom. The highest BCUT2D eigenvalue weighted by molar-refractivity contribution is 5.79. The van der Waals surface area contributed by atoms with E-state index in [0.717, 1.165) is 65.1 Å². The van der Waals surface area contributed by atoms with E-state index in [2.05, 4.69) is 10.2 Å². The highest BCUT2D eigenvalue weighted by atomic mass is 16.5. The van der Waals surface area contributed by atoms with Crippen molar-refractivity contribution < 1.29 is 14.6 Å². The van der Waals surface area contributed by atoms with Crippen molar-refractivity contribution in [3.63, 3.8) is 0 Å². The summed E-state index contributed by atoms with van der Waals surface area (Å²) in [5.74, 6) is -0.683. The zero-order valence-corrected chi connectivity index (χ0v) is 10.3. The van der Waals surface area contributed by atoms with Crippen LogP contribution in [0.4, 0.5) is 0 Å². The lowest BCUT2D eigenvalue weighted by Gasteiger charge is -2.30. The smallest absolute Gasteiger partial charge is 0.323 e. The van der Waals surface area contributed by atoms with Gasteiger partial charge in [-0.3, -0.25) is 9.69 Å². The molecule has 0 spiro atoms. The van der Waals surface area contributed by atoms with Gasteiger partial charge < -0.3 is 15.2 Å². The fourth-order valence-corrected chi connectivity index (χ4v) is 2.72. The number of carboxylic acids is 1. The number of hydrogen-bond acceptors (Lipinski definition) is 4. The van der Waals surface area contributed by atoms with E-state index in [4.69, 9.17) is 4.74 Å². The van der Waals surface area contributed by atoms with Gasteiger partial charge in [0.15, 0.2) is 0 Å². The van der Waals surface area contributed by atoms with Crippen molar-refractivity contribution in [2.45, 2.75) is 31.2 Å². The van der Waals surface area contributed by atoms with Crippen LogP contribution < -0.4 is 5.32 Å². The molecule has 5 nitrogen and oxygen atoms in total. The molecule has 0 aromatic carbocycles. The van der Waals surface area contributed by atoms with Crippen molar-refractivity contribution in [2.75, 3.05) is 39.4 Å². The van der Waals surface area contributed by atoms with Gasteiger partial charge in [-0.1, -0.05) is 12.8 Å². The van der Waals surface area contributed by atoms with Crippen molar-refractivity contribution in [2.24, 2.45) is 0 Å². The molecule has 1 aliphatic carbocycles. The van der Waals surface area contributed by atoms with Crippen LogP contribution in [0.15, 0.2) is 0 Å². The molecule has 1 saturated heterocycles. The molecule has 98 valence electrons. The zero-order valence-electron chi connectivity index (χ0n) is 10.3. The van der Waals surface area contributed by atoms with Gasteiger partial charge in [0.2, 0.25) is 0 Å². The van der Waals surface area contributed by atoms with Crippen LogP contribution in [0.5, 0.6) is 0 Å². The van der Waals surface area contributed by atoms with Crippen LogP contribution in [0.2, 0.25) is 0 Å². The maximum Gasteiger partial charge on any atom is 0.323 e. The van der Waals surface area contributed by atoms with E-state index in [9.17, 15) is 9.90 Å². The molecule has 0 unspecified atom stereocenters. The molecule has 0 atom stereocenters. The number of carbonyl (C=O) groups is 1. The quantitative estimate of drug-likeness (QED) is 0.726. The van der Waals surface area contributed by atoms with Crippen LogP contribution in [-0.2, 0) is 9.53 Å². The summed E-state index contributed by atoms with van der Waals surface area (Å²) in [4.78, 5) is 13.6. The Kier molecular flexibility index (Phi) is 4.36. The summed E-state index contributed by atoms with van der Waals surface area (Å²) < 4.78 is 5.28. The van der Waals surface area contributed by atoms with Crippen molar-refractivity contribution in [1.29, 1.82) is 0 Å². The van der Waals surface area contributed by atoms with Crippen molar-refractivity contribution in [3.8, 4) is 0 Å². The van der Waals surface area contributed by atoms with Gasteiger partial charge in [-0.2, -0.15) is 0 Å². The van der Waals surface area contributed by atoms with E-state index in [1.165, 1.54) is 0 Å². The minimum Gasteiger partial charge on any atom is -0.480 e. The molecular weight excluding hydrogens is 220 g/mol. The van der Waals surface area contributed by atoms with Gasteiger partial charge in [0.05, 0.1) is 13.2 Å². The first-order chi connectivity index (χ1) is 8.23. The lowest BCUT2D eigenvalue weighted by Crippen LogP contribution is -2.52. The van der Waals surface area contributed by atoms with Gasteiger partial charge in [0.1, 0.15) is 5.54 Å². The predicted molar refractivity (Wildman–Crippen MR) is 64.1 cm³/mol. The normalized spacial score (nSPS) is 24.9. The monoisotopic (exact) mass is 242 g/mol. The first kappa shape index (κ1) is 12.8. The van der Waals surface area contributed by atoms with E-state index < -0.39 is 11.5 Å². The lowest BCUT2D eigenvalue weighted by molar-refractivity contribution is -0.144. The first-order valence-electron chi connectivity index (χ1n) is 6.51. The topological polar surface area (TPSA) is 61.8 Å². The van der Waals surface area contributed by atoms with Crippen LogP contribution in [0.1, 0.15) is 25.7 Å². The number of aliphatic carboxylic acids is 1. The molecule has 0 amide bonds. The minimum atomic E-state index is -0.683. The zero-order chi connectivity index (χ0) is 12.1. The second kappa shape index (κ2) is 5.80. The summed E-state index contributed by atoms with van der Waals surface area (Å²) >= 11 is 0. The highest BCUT2D eigenvalue weighted by Crippen LogP contribution is 2.29. The number of nitrogens with one attached hydrogen (secondary N) is 1. The molecule has 1 saturated carbocycles. The molecule has 0 bridgehead atoms. The summed E-state index contributed by atoms with van der Waals surface area (Å²) in [6, 6.07) is 0. The Morgan fingerprint density at radius 1 is 1.29 bits per heavy atom. The van der Waals surface area contributed by atoms with E-state index in [0.29, 0.717) is 0 Å². The molecule has 0 aromatic heterocycles. The molecule has 0 radical (unpaired) electrons. The van der Waals surface area contributed by atoms with E-state index in [1.807, 2.05) is 0 Å². The Morgan fingerprint density at radius 2 is 1.94 bits per heavy atom. The number of morpholine rings is 1. The number of nitrogens with zero attached hydrogens (tertiary/aromatic N) is 1. The van der Waals surface area contributed by atoms with Gasteiger partial charge in [-0.15, -0.1) is 0 Å². The maximum absolute atomic E-state index is 11.3. The standard InChI is InChI=1S/C12H22N2O3/c15-11(16)12(3-1-2-4-12)13-5-6-14-7-9-17-10-8-14/h13H,1-10H2,(H,15,16). The Hall–Kier alpha value is -0.650. The van der Waals surface area contributed by atoms with Crippen LogP contribution in [0.3, 0.4) is 0 Å². The molecule has 1 heterocycles. The molecule has 5 heteroatoms. The van der Waals surface area contributed by atoms with Crippen molar-refractivity contribution in [1.82, 2.24) is 10.2 Å². The summed E-state index contributed by atoms with van der Waals surface area (Å²) in [6.45, 7) is 5.18.